The van der Waals surface area contributed by atoms with Crippen molar-refractivity contribution < 1.29 is 0 Å². The largest absolute Gasteiger partial charge is 0.376 e. The Kier molecular flexibility index (Phi) is 3.66. The predicted molar refractivity (Wildman–Crippen MR) is 80.5 cm³/mol. The molecule has 1 N–H and O–H groups in total. The molecule has 2 aromatic heterocycles. The monoisotopic (exact) mass is 305 g/mol. The number of hydrogen-bond donors (Lipinski definition) is 1. The maximum atomic E-state index is 6.29. The van der Waals surface area contributed by atoms with Gasteiger partial charge >= 0.3 is 0 Å². The first-order valence-corrected chi connectivity index (χ1v) is 7.30. The van der Waals surface area contributed by atoms with Gasteiger partial charge in [0.25, 0.3) is 0 Å². The Morgan fingerprint density at radius 1 is 1.35 bits per heavy atom. The molecule has 0 spiro atoms. The van der Waals surface area contributed by atoms with E-state index in [9.17, 15) is 0 Å². The van der Waals surface area contributed by atoms with Gasteiger partial charge in [-0.3, -0.25) is 4.98 Å². The second-order valence-corrected chi connectivity index (χ2v) is 5.57. The van der Waals surface area contributed by atoms with E-state index in [2.05, 4.69) is 27.3 Å². The van der Waals surface area contributed by atoms with Crippen molar-refractivity contribution in [3.8, 4) is 5.69 Å². The third-order valence-electron chi connectivity index (χ3n) is 2.88. The van der Waals surface area contributed by atoms with Gasteiger partial charge in [-0.2, -0.15) is 5.10 Å². The number of thiazole rings is 1. The van der Waals surface area contributed by atoms with Gasteiger partial charge < -0.3 is 5.32 Å². The number of hydrogen-bond acceptors (Lipinski definition) is 5. The fourth-order valence-corrected chi connectivity index (χ4v) is 2.82. The zero-order valence-electron chi connectivity index (χ0n) is 10.7. The van der Waals surface area contributed by atoms with Crippen molar-refractivity contribution in [1.82, 2.24) is 19.7 Å². The lowest BCUT2D eigenvalue weighted by atomic mass is 10.2. The van der Waals surface area contributed by atoms with Crippen LogP contribution >= 0.6 is 22.9 Å². The molecule has 20 heavy (non-hydrogen) atoms. The van der Waals surface area contributed by atoms with Crippen molar-refractivity contribution in [2.24, 2.45) is 0 Å². The Morgan fingerprint density at radius 3 is 2.95 bits per heavy atom. The predicted octanol–water partition coefficient (Wildman–Crippen LogP) is 3.55. The van der Waals surface area contributed by atoms with Crippen LogP contribution in [0.1, 0.15) is 17.8 Å². The Bertz CT molecular complexity index is 681. The highest BCUT2D eigenvalue weighted by atomic mass is 35.5. The van der Waals surface area contributed by atoms with Crippen LogP contribution in [0.25, 0.3) is 5.69 Å². The molecule has 5 nitrogen and oxygen atoms in total. The lowest BCUT2D eigenvalue weighted by Gasteiger charge is -2.17. The minimum absolute atomic E-state index is 0.142. The quantitative estimate of drug-likeness (QED) is 0.801. The minimum atomic E-state index is 0.142. The van der Waals surface area contributed by atoms with Crippen LogP contribution in [0.4, 0.5) is 5.69 Å². The molecule has 0 amide bonds. The molecule has 0 saturated carbocycles. The van der Waals surface area contributed by atoms with E-state index in [0.29, 0.717) is 5.02 Å². The van der Waals surface area contributed by atoms with Crippen LogP contribution in [-0.2, 0) is 0 Å². The number of para-hydroxylation sites is 1. The van der Waals surface area contributed by atoms with Crippen LogP contribution in [0.3, 0.4) is 0 Å². The number of benzene rings is 1. The molecular weight excluding hydrogens is 294 g/mol. The van der Waals surface area contributed by atoms with Gasteiger partial charge in [-0.1, -0.05) is 17.7 Å². The molecule has 0 aliphatic rings. The third-order valence-corrected chi connectivity index (χ3v) is 4.15. The van der Waals surface area contributed by atoms with Crippen LogP contribution in [0.15, 0.2) is 42.6 Å². The fraction of sp³-hybridized carbons (Fsp3) is 0.154. The summed E-state index contributed by atoms with van der Waals surface area (Å²) in [5.74, 6) is 0. The van der Waals surface area contributed by atoms with Crippen molar-refractivity contribution >= 4 is 28.6 Å². The summed E-state index contributed by atoms with van der Waals surface area (Å²) in [5.41, 5.74) is 3.52. The highest BCUT2D eigenvalue weighted by Gasteiger charge is 2.13. The first-order valence-electron chi connectivity index (χ1n) is 6.04. The molecule has 0 bridgehead atoms. The maximum Gasteiger partial charge on any atom is 0.138 e. The molecule has 1 atom stereocenters. The highest BCUT2D eigenvalue weighted by molar-refractivity contribution is 7.09. The van der Waals surface area contributed by atoms with Gasteiger partial charge in [-0.05, 0) is 19.1 Å². The first-order chi connectivity index (χ1) is 9.75. The molecule has 0 radical (unpaired) electrons. The van der Waals surface area contributed by atoms with Gasteiger partial charge in [-0.15, -0.1) is 11.3 Å². The average molecular weight is 306 g/mol. The van der Waals surface area contributed by atoms with Gasteiger partial charge in [0.15, 0.2) is 0 Å². The van der Waals surface area contributed by atoms with Crippen molar-refractivity contribution in [3.63, 3.8) is 0 Å². The van der Waals surface area contributed by atoms with E-state index in [0.717, 1.165) is 16.3 Å². The van der Waals surface area contributed by atoms with Gasteiger partial charge in [0.1, 0.15) is 18.3 Å². The van der Waals surface area contributed by atoms with E-state index >= 15 is 0 Å². The number of aromatic nitrogens is 4. The molecule has 0 aliphatic carbocycles. The number of nitrogens with one attached hydrogen (secondary N) is 1. The van der Waals surface area contributed by atoms with Crippen molar-refractivity contribution in [3.05, 3.63) is 52.5 Å². The van der Waals surface area contributed by atoms with Crippen LogP contribution in [-0.4, -0.2) is 19.7 Å². The Hall–Kier alpha value is -1.92. The molecule has 0 fully saturated rings. The summed E-state index contributed by atoms with van der Waals surface area (Å²) in [4.78, 5) is 9.23. The summed E-state index contributed by atoms with van der Waals surface area (Å²) in [7, 11) is 0. The molecule has 3 rings (SSSR count). The number of nitrogens with zero attached hydrogens (tertiary/aromatic N) is 4. The van der Waals surface area contributed by atoms with E-state index in [1.807, 2.05) is 29.9 Å². The van der Waals surface area contributed by atoms with Crippen molar-refractivity contribution in [2.45, 2.75) is 13.0 Å². The topological polar surface area (TPSA) is 55.6 Å². The second-order valence-electron chi connectivity index (χ2n) is 4.25. The second kappa shape index (κ2) is 5.60. The van der Waals surface area contributed by atoms with E-state index in [1.54, 1.807) is 22.3 Å². The Morgan fingerprint density at radius 2 is 2.25 bits per heavy atom. The maximum absolute atomic E-state index is 6.29. The zero-order valence-corrected chi connectivity index (χ0v) is 12.3. The molecule has 2 heterocycles. The van der Waals surface area contributed by atoms with Crippen LogP contribution < -0.4 is 5.32 Å². The molecule has 7 heteroatoms. The standard InChI is InChI=1S/C13H12ClN5S/c1-9(12-5-15-8-20-12)18-11-4-2-3-10(14)13(11)19-7-16-6-17-19/h2-9,18H,1H3. The SMILES string of the molecule is CC(Nc1cccc(Cl)c1-n1cncn1)c1cncs1. The number of rotatable bonds is 4. The lowest BCUT2D eigenvalue weighted by molar-refractivity contribution is 0.859. The van der Waals surface area contributed by atoms with Crippen LogP contribution in [0.2, 0.25) is 5.02 Å². The van der Waals surface area contributed by atoms with Crippen LogP contribution in [0.5, 0.6) is 0 Å². The number of anilines is 1. The zero-order chi connectivity index (χ0) is 13.9. The highest BCUT2D eigenvalue weighted by Crippen LogP contribution is 2.31. The first kappa shape index (κ1) is 13.1. The van der Waals surface area contributed by atoms with Crippen molar-refractivity contribution in [1.29, 1.82) is 0 Å². The summed E-state index contributed by atoms with van der Waals surface area (Å²) in [6.07, 6.45) is 4.98. The molecule has 3 aromatic rings. The third kappa shape index (κ3) is 2.52. The molecule has 102 valence electrons. The average Bonchev–Trinajstić information content (AvgIpc) is 3.12. The van der Waals surface area contributed by atoms with E-state index in [4.69, 9.17) is 11.6 Å². The van der Waals surface area contributed by atoms with Crippen LogP contribution in [0, 0.1) is 0 Å². The summed E-state index contributed by atoms with van der Waals surface area (Å²) in [5, 5.41) is 8.21. The molecular formula is C13H12ClN5S. The van der Waals surface area contributed by atoms with E-state index in [-0.39, 0.29) is 6.04 Å². The molecule has 0 aliphatic heterocycles. The molecule has 1 aromatic carbocycles. The van der Waals surface area contributed by atoms with Gasteiger partial charge in [-0.25, -0.2) is 9.67 Å². The Balaban J connectivity index is 1.96. The van der Waals surface area contributed by atoms with Gasteiger partial charge in [0.2, 0.25) is 0 Å². The van der Waals surface area contributed by atoms with Gasteiger partial charge in [0.05, 0.1) is 22.3 Å². The lowest BCUT2D eigenvalue weighted by Crippen LogP contribution is -2.09. The minimum Gasteiger partial charge on any atom is -0.376 e. The number of halogens is 1. The smallest absolute Gasteiger partial charge is 0.138 e. The summed E-state index contributed by atoms with van der Waals surface area (Å²) < 4.78 is 1.66. The van der Waals surface area contributed by atoms with E-state index < -0.39 is 0 Å². The summed E-state index contributed by atoms with van der Waals surface area (Å²) in [6, 6.07) is 5.86. The summed E-state index contributed by atoms with van der Waals surface area (Å²) >= 11 is 7.91. The normalized spacial score (nSPS) is 12.3. The Labute approximate surface area is 125 Å². The molecule has 0 saturated heterocycles. The van der Waals surface area contributed by atoms with E-state index in [1.165, 1.54) is 6.33 Å². The van der Waals surface area contributed by atoms with Crippen molar-refractivity contribution in [2.75, 3.05) is 5.32 Å². The summed E-state index contributed by atoms with van der Waals surface area (Å²) in [6.45, 7) is 2.08. The molecule has 1 unspecified atom stereocenters. The fourth-order valence-electron chi connectivity index (χ4n) is 1.93. The van der Waals surface area contributed by atoms with Gasteiger partial charge in [0, 0.05) is 11.1 Å².